The number of nitrogens with zero attached hydrogens (tertiary/aromatic N) is 2. The number of fused-ring (bicyclic) bond motifs is 1. The molecule has 1 amide bonds. The molecule has 0 aliphatic rings. The van der Waals surface area contributed by atoms with Gasteiger partial charge >= 0.3 is 0 Å². The highest BCUT2D eigenvalue weighted by Gasteiger charge is 2.26. The van der Waals surface area contributed by atoms with Crippen molar-refractivity contribution >= 4 is 44.2 Å². The quantitative estimate of drug-likeness (QED) is 0.411. The molecule has 6 nitrogen and oxygen atoms in total. The van der Waals surface area contributed by atoms with Gasteiger partial charge in [0.2, 0.25) is 0 Å². The maximum atomic E-state index is 13.6. The number of carbonyl (C=O) groups is 1. The molecule has 4 aromatic rings. The summed E-state index contributed by atoms with van der Waals surface area (Å²) in [5.74, 6) is 1.34. The fourth-order valence-electron chi connectivity index (χ4n) is 2.93. The lowest BCUT2D eigenvalue weighted by atomic mass is 10.1. The minimum Gasteiger partial charge on any atom is -0.497 e. The zero-order valence-corrected chi connectivity index (χ0v) is 17.3. The Labute approximate surface area is 176 Å². The van der Waals surface area contributed by atoms with Crippen LogP contribution in [0.15, 0.2) is 59.2 Å². The third-order valence-electron chi connectivity index (χ3n) is 4.37. The maximum Gasteiger partial charge on any atom is 0.264 e. The Kier molecular flexibility index (Phi) is 5.42. The molecule has 0 N–H and O–H groups in total. The van der Waals surface area contributed by atoms with Gasteiger partial charge in [0.15, 0.2) is 5.13 Å². The molecule has 148 valence electrons. The molecule has 0 unspecified atom stereocenters. The standard InChI is InChI=1S/C21H17ClN2O4S/c1-26-13-8-9-17(27-2)15(11-13)20(25)24(12-14-5-4-10-28-14)21-23-19-16(22)6-3-7-18(19)29-21/h3-11H,12H2,1-2H3. The van der Waals surface area contributed by atoms with Gasteiger partial charge in [-0.2, -0.15) is 0 Å². The number of anilines is 1. The Balaban J connectivity index is 1.82. The highest BCUT2D eigenvalue weighted by Crippen LogP contribution is 2.35. The molecule has 2 heterocycles. The summed E-state index contributed by atoms with van der Waals surface area (Å²) in [6.45, 7) is 0.212. The number of carbonyl (C=O) groups excluding carboxylic acids is 1. The topological polar surface area (TPSA) is 64.8 Å². The van der Waals surface area contributed by atoms with Crippen LogP contribution in [-0.4, -0.2) is 25.1 Å². The van der Waals surface area contributed by atoms with Crippen LogP contribution in [0.2, 0.25) is 5.02 Å². The van der Waals surface area contributed by atoms with Crippen LogP contribution in [0.4, 0.5) is 5.13 Å². The van der Waals surface area contributed by atoms with Crippen molar-refractivity contribution in [2.45, 2.75) is 6.54 Å². The molecule has 2 aromatic heterocycles. The number of para-hydroxylation sites is 1. The van der Waals surface area contributed by atoms with Crippen molar-refractivity contribution in [3.63, 3.8) is 0 Å². The molecule has 0 bridgehead atoms. The number of aromatic nitrogens is 1. The number of rotatable bonds is 6. The first-order valence-electron chi connectivity index (χ1n) is 8.72. The third-order valence-corrected chi connectivity index (χ3v) is 5.71. The molecular formula is C21H17ClN2O4S. The van der Waals surface area contributed by atoms with E-state index in [0.717, 1.165) is 4.70 Å². The van der Waals surface area contributed by atoms with E-state index >= 15 is 0 Å². The van der Waals surface area contributed by atoms with Gasteiger partial charge in [0.05, 0.1) is 42.3 Å². The molecule has 0 spiro atoms. The predicted molar refractivity (Wildman–Crippen MR) is 113 cm³/mol. The fourth-order valence-corrected chi connectivity index (χ4v) is 4.19. The molecule has 0 aliphatic carbocycles. The van der Waals surface area contributed by atoms with Gasteiger partial charge in [0.1, 0.15) is 22.8 Å². The first-order valence-corrected chi connectivity index (χ1v) is 9.91. The molecule has 0 saturated carbocycles. The predicted octanol–water partition coefficient (Wildman–Crippen LogP) is 5.41. The van der Waals surface area contributed by atoms with Crippen LogP contribution >= 0.6 is 22.9 Å². The summed E-state index contributed by atoms with van der Waals surface area (Å²) >= 11 is 7.67. The molecule has 2 aromatic carbocycles. The number of furan rings is 1. The van der Waals surface area contributed by atoms with Gasteiger partial charge in [0.25, 0.3) is 5.91 Å². The molecule has 0 aliphatic heterocycles. The van der Waals surface area contributed by atoms with Crippen molar-refractivity contribution < 1.29 is 18.7 Å². The van der Waals surface area contributed by atoms with Crippen molar-refractivity contribution in [1.82, 2.24) is 4.98 Å². The van der Waals surface area contributed by atoms with E-state index < -0.39 is 0 Å². The Hall–Kier alpha value is -3.03. The van der Waals surface area contributed by atoms with E-state index in [1.165, 1.54) is 18.4 Å². The highest BCUT2D eigenvalue weighted by molar-refractivity contribution is 7.22. The van der Waals surface area contributed by atoms with Crippen LogP contribution in [0.25, 0.3) is 10.2 Å². The van der Waals surface area contributed by atoms with E-state index in [2.05, 4.69) is 4.98 Å². The molecule has 4 rings (SSSR count). The normalized spacial score (nSPS) is 10.9. The summed E-state index contributed by atoms with van der Waals surface area (Å²) in [7, 11) is 3.07. The number of benzene rings is 2. The zero-order chi connectivity index (χ0) is 20.4. The smallest absolute Gasteiger partial charge is 0.264 e. The van der Waals surface area contributed by atoms with E-state index in [4.69, 9.17) is 25.5 Å². The maximum absolute atomic E-state index is 13.6. The second kappa shape index (κ2) is 8.14. The van der Waals surface area contributed by atoms with E-state index in [1.54, 1.807) is 48.6 Å². The summed E-state index contributed by atoms with van der Waals surface area (Å²) in [6.07, 6.45) is 1.57. The van der Waals surface area contributed by atoms with Crippen molar-refractivity contribution in [2.24, 2.45) is 0 Å². The lowest BCUT2D eigenvalue weighted by molar-refractivity contribution is 0.0980. The first kappa shape index (κ1) is 19.3. The van der Waals surface area contributed by atoms with Crippen LogP contribution in [0.1, 0.15) is 16.1 Å². The molecule has 0 fully saturated rings. The van der Waals surface area contributed by atoms with Gasteiger partial charge in [-0.3, -0.25) is 9.69 Å². The molecular weight excluding hydrogens is 412 g/mol. The minimum atomic E-state index is -0.285. The fraction of sp³-hybridized carbons (Fsp3) is 0.143. The average Bonchev–Trinajstić information content (AvgIpc) is 3.41. The summed E-state index contributed by atoms with van der Waals surface area (Å²) in [5.41, 5.74) is 1.02. The van der Waals surface area contributed by atoms with Crippen LogP contribution in [0, 0.1) is 0 Å². The summed E-state index contributed by atoms with van der Waals surface area (Å²) < 4.78 is 17.0. The number of amides is 1. The third kappa shape index (κ3) is 3.79. The van der Waals surface area contributed by atoms with Gasteiger partial charge in [-0.1, -0.05) is 29.0 Å². The molecule has 0 radical (unpaired) electrons. The summed E-state index contributed by atoms with van der Waals surface area (Å²) in [5, 5.41) is 1.05. The van der Waals surface area contributed by atoms with Crippen molar-refractivity contribution in [1.29, 1.82) is 0 Å². The largest absolute Gasteiger partial charge is 0.497 e. The molecule has 29 heavy (non-hydrogen) atoms. The Bertz CT molecular complexity index is 1160. The van der Waals surface area contributed by atoms with Crippen molar-refractivity contribution in [3.05, 3.63) is 71.1 Å². The van der Waals surface area contributed by atoms with Crippen molar-refractivity contribution in [2.75, 3.05) is 19.1 Å². The average molecular weight is 429 g/mol. The number of thiazole rings is 1. The lowest BCUT2D eigenvalue weighted by Gasteiger charge is -2.20. The van der Waals surface area contributed by atoms with Crippen molar-refractivity contribution in [3.8, 4) is 11.5 Å². The Morgan fingerprint density at radius 2 is 2.03 bits per heavy atom. The SMILES string of the molecule is COc1ccc(OC)c(C(=O)N(Cc2ccco2)c2nc3c(Cl)cccc3s2)c1. The van der Waals surface area contributed by atoms with Crippen LogP contribution in [-0.2, 0) is 6.54 Å². The van der Waals surface area contributed by atoms with Crippen LogP contribution in [0.5, 0.6) is 11.5 Å². The van der Waals surface area contributed by atoms with Crippen LogP contribution in [0.3, 0.4) is 0 Å². The number of ether oxygens (including phenoxy) is 2. The van der Waals surface area contributed by atoms with Gasteiger partial charge < -0.3 is 13.9 Å². The summed E-state index contributed by atoms with van der Waals surface area (Å²) in [6, 6.07) is 14.2. The zero-order valence-electron chi connectivity index (χ0n) is 15.7. The molecule has 8 heteroatoms. The van der Waals surface area contributed by atoms with Gasteiger partial charge in [-0.25, -0.2) is 4.98 Å². The van der Waals surface area contributed by atoms with Gasteiger partial charge in [-0.05, 0) is 42.5 Å². The van der Waals surface area contributed by atoms with E-state index in [0.29, 0.717) is 38.5 Å². The minimum absolute atomic E-state index is 0.212. The molecule has 0 saturated heterocycles. The van der Waals surface area contributed by atoms with E-state index in [1.807, 2.05) is 18.2 Å². The second-order valence-electron chi connectivity index (χ2n) is 6.12. The molecule has 0 atom stereocenters. The van der Waals surface area contributed by atoms with E-state index in [-0.39, 0.29) is 12.5 Å². The summed E-state index contributed by atoms with van der Waals surface area (Å²) in [4.78, 5) is 19.7. The Morgan fingerprint density at radius 1 is 1.17 bits per heavy atom. The lowest BCUT2D eigenvalue weighted by Crippen LogP contribution is -2.30. The van der Waals surface area contributed by atoms with E-state index in [9.17, 15) is 4.79 Å². The monoisotopic (exact) mass is 428 g/mol. The Morgan fingerprint density at radius 3 is 2.72 bits per heavy atom. The number of hydrogen-bond acceptors (Lipinski definition) is 6. The number of methoxy groups -OCH3 is 2. The number of halogens is 1. The van der Waals surface area contributed by atoms with Gasteiger partial charge in [0, 0.05) is 0 Å². The van der Waals surface area contributed by atoms with Crippen LogP contribution < -0.4 is 14.4 Å². The highest BCUT2D eigenvalue weighted by atomic mass is 35.5. The second-order valence-corrected chi connectivity index (χ2v) is 7.54. The first-order chi connectivity index (χ1) is 14.1. The number of hydrogen-bond donors (Lipinski definition) is 0. The van der Waals surface area contributed by atoms with Gasteiger partial charge in [-0.15, -0.1) is 0 Å².